The van der Waals surface area contributed by atoms with Crippen LogP contribution in [0.25, 0.3) is 0 Å². The Kier molecular flexibility index (Phi) is 5.12. The van der Waals surface area contributed by atoms with Crippen LogP contribution in [0.3, 0.4) is 0 Å². The maximum Gasteiger partial charge on any atom is 0.241 e. The number of aliphatic imine (C=N–C) groups is 1. The van der Waals surface area contributed by atoms with E-state index in [1.165, 1.54) is 0 Å². The number of nitrogens with one attached hydrogen (secondary N) is 2. The van der Waals surface area contributed by atoms with Crippen LogP contribution in [-0.4, -0.2) is 35.5 Å². The molecule has 0 aromatic carbocycles. The second-order valence-electron chi connectivity index (χ2n) is 3.98. The monoisotopic (exact) mass is 243 g/mol. The zero-order valence-electron chi connectivity index (χ0n) is 10.3. The molecular formula is C11H21N3OS. The van der Waals surface area contributed by atoms with Gasteiger partial charge in [-0.25, -0.2) is 0 Å². The summed E-state index contributed by atoms with van der Waals surface area (Å²) in [4.78, 5) is 15.5. The lowest BCUT2D eigenvalue weighted by Crippen LogP contribution is -2.42. The molecule has 0 bridgehead atoms. The molecule has 1 heterocycles. The van der Waals surface area contributed by atoms with Crippen molar-refractivity contribution in [1.82, 2.24) is 10.6 Å². The highest BCUT2D eigenvalue weighted by atomic mass is 32.2. The van der Waals surface area contributed by atoms with Gasteiger partial charge in [0.15, 0.2) is 5.17 Å². The molecule has 0 aromatic rings. The van der Waals surface area contributed by atoms with Gasteiger partial charge in [-0.2, -0.15) is 0 Å². The van der Waals surface area contributed by atoms with Gasteiger partial charge in [0.05, 0.1) is 0 Å². The van der Waals surface area contributed by atoms with Gasteiger partial charge in [0.25, 0.3) is 0 Å². The van der Waals surface area contributed by atoms with Crippen molar-refractivity contribution in [2.45, 2.75) is 39.2 Å². The van der Waals surface area contributed by atoms with E-state index in [2.05, 4.69) is 29.5 Å². The summed E-state index contributed by atoms with van der Waals surface area (Å²) in [5.41, 5.74) is 0.185. The van der Waals surface area contributed by atoms with E-state index in [0.717, 1.165) is 23.8 Å². The number of rotatable bonds is 5. The predicted octanol–water partition coefficient (Wildman–Crippen LogP) is 1.37. The number of hydrogen-bond donors (Lipinski definition) is 2. The molecule has 0 saturated carbocycles. The fourth-order valence-electron chi connectivity index (χ4n) is 1.62. The molecule has 92 valence electrons. The van der Waals surface area contributed by atoms with E-state index in [4.69, 9.17) is 0 Å². The lowest BCUT2D eigenvalue weighted by Gasteiger charge is -2.25. The summed E-state index contributed by atoms with van der Waals surface area (Å²) < 4.78 is 0. The zero-order chi connectivity index (χ0) is 12.0. The van der Waals surface area contributed by atoms with Crippen LogP contribution in [-0.2, 0) is 4.79 Å². The number of thioether (sulfide) groups is 1. The fourth-order valence-corrected chi connectivity index (χ4v) is 2.96. The standard InChI is InChI=1S/C11H21N3OS/c1-4-11(5-2)8-16-10(14-11)13-7-9(15)12-6-3/h4-8H2,1-3H3,(H,12,15)(H,13,14). The second-order valence-corrected chi connectivity index (χ2v) is 4.94. The summed E-state index contributed by atoms with van der Waals surface area (Å²) in [7, 11) is 0. The van der Waals surface area contributed by atoms with Gasteiger partial charge in [-0.05, 0) is 19.8 Å². The molecule has 0 spiro atoms. The summed E-state index contributed by atoms with van der Waals surface area (Å²) in [5, 5.41) is 7.08. The van der Waals surface area contributed by atoms with Crippen molar-refractivity contribution in [3.05, 3.63) is 0 Å². The van der Waals surface area contributed by atoms with E-state index in [0.29, 0.717) is 6.54 Å². The number of carbonyl (C=O) groups excluding carboxylic acids is 1. The van der Waals surface area contributed by atoms with Crippen molar-refractivity contribution in [1.29, 1.82) is 0 Å². The van der Waals surface area contributed by atoms with E-state index in [-0.39, 0.29) is 18.0 Å². The van der Waals surface area contributed by atoms with Crippen LogP contribution < -0.4 is 10.6 Å². The molecule has 1 amide bonds. The van der Waals surface area contributed by atoms with Crippen molar-refractivity contribution in [3.8, 4) is 0 Å². The lowest BCUT2D eigenvalue weighted by molar-refractivity contribution is -0.119. The first kappa shape index (κ1) is 13.4. The quantitative estimate of drug-likeness (QED) is 0.767. The molecule has 5 heteroatoms. The van der Waals surface area contributed by atoms with Crippen LogP contribution in [0.15, 0.2) is 4.99 Å². The Bertz CT molecular complexity index is 274. The zero-order valence-corrected chi connectivity index (χ0v) is 11.1. The molecule has 2 N–H and O–H groups in total. The van der Waals surface area contributed by atoms with Gasteiger partial charge in [0.2, 0.25) is 5.91 Å². The molecule has 0 aliphatic carbocycles. The van der Waals surface area contributed by atoms with Crippen LogP contribution >= 0.6 is 11.8 Å². The number of carbonyl (C=O) groups is 1. The largest absolute Gasteiger partial charge is 0.359 e. The summed E-state index contributed by atoms with van der Waals surface area (Å²) in [6, 6.07) is 0. The van der Waals surface area contributed by atoms with Crippen LogP contribution in [0.4, 0.5) is 0 Å². The average Bonchev–Trinajstić information content (AvgIpc) is 2.71. The minimum absolute atomic E-state index is 0.0112. The third kappa shape index (κ3) is 3.40. The van der Waals surface area contributed by atoms with E-state index in [1.54, 1.807) is 11.8 Å². The van der Waals surface area contributed by atoms with Gasteiger partial charge in [0.1, 0.15) is 6.54 Å². The van der Waals surface area contributed by atoms with E-state index in [1.807, 2.05) is 6.92 Å². The Morgan fingerprint density at radius 1 is 1.50 bits per heavy atom. The molecule has 4 nitrogen and oxygen atoms in total. The highest BCUT2D eigenvalue weighted by molar-refractivity contribution is 8.14. The normalized spacial score (nSPS) is 20.8. The molecule has 1 aliphatic rings. The average molecular weight is 243 g/mol. The van der Waals surface area contributed by atoms with Crippen molar-refractivity contribution < 1.29 is 4.79 Å². The van der Waals surface area contributed by atoms with Crippen molar-refractivity contribution >= 4 is 22.8 Å². The molecule has 1 aliphatic heterocycles. The summed E-state index contributed by atoms with van der Waals surface area (Å²) in [5.74, 6) is 1.04. The Hall–Kier alpha value is -0.710. The van der Waals surface area contributed by atoms with E-state index < -0.39 is 0 Å². The van der Waals surface area contributed by atoms with Crippen LogP contribution in [0.5, 0.6) is 0 Å². The van der Waals surface area contributed by atoms with Gasteiger partial charge in [-0.1, -0.05) is 25.6 Å². The molecule has 1 saturated heterocycles. The van der Waals surface area contributed by atoms with Gasteiger partial charge in [-0.3, -0.25) is 9.79 Å². The molecule has 0 atom stereocenters. The van der Waals surface area contributed by atoms with Crippen molar-refractivity contribution in [3.63, 3.8) is 0 Å². The first-order chi connectivity index (χ1) is 7.65. The Labute approximate surface area is 102 Å². The first-order valence-corrected chi connectivity index (χ1v) is 6.86. The van der Waals surface area contributed by atoms with Gasteiger partial charge in [-0.15, -0.1) is 0 Å². The van der Waals surface area contributed by atoms with Gasteiger partial charge < -0.3 is 10.6 Å². The van der Waals surface area contributed by atoms with Crippen LogP contribution in [0.2, 0.25) is 0 Å². The number of amides is 1. The highest BCUT2D eigenvalue weighted by Crippen LogP contribution is 2.28. The lowest BCUT2D eigenvalue weighted by atomic mass is 9.96. The number of nitrogens with zero attached hydrogens (tertiary/aromatic N) is 1. The molecule has 0 radical (unpaired) electrons. The first-order valence-electron chi connectivity index (χ1n) is 5.88. The molecule has 1 rings (SSSR count). The second kappa shape index (κ2) is 6.13. The topological polar surface area (TPSA) is 53.5 Å². The van der Waals surface area contributed by atoms with Crippen LogP contribution in [0, 0.1) is 0 Å². The predicted molar refractivity (Wildman–Crippen MR) is 69.9 cm³/mol. The smallest absolute Gasteiger partial charge is 0.241 e. The van der Waals surface area contributed by atoms with Crippen LogP contribution in [0.1, 0.15) is 33.6 Å². The summed E-state index contributed by atoms with van der Waals surface area (Å²) >= 11 is 1.72. The van der Waals surface area contributed by atoms with E-state index in [9.17, 15) is 4.79 Å². The summed E-state index contributed by atoms with van der Waals surface area (Å²) in [6.07, 6.45) is 2.19. The number of hydrogen-bond acceptors (Lipinski definition) is 3. The minimum Gasteiger partial charge on any atom is -0.359 e. The summed E-state index contributed by atoms with van der Waals surface area (Å²) in [6.45, 7) is 7.17. The third-order valence-electron chi connectivity index (χ3n) is 2.95. The molecule has 0 unspecified atom stereocenters. The SMILES string of the molecule is CCNC(=O)CN=C1NC(CC)(CC)CS1. The molecule has 1 fully saturated rings. The van der Waals surface area contributed by atoms with Crippen molar-refractivity contribution in [2.24, 2.45) is 4.99 Å². The Morgan fingerprint density at radius 2 is 2.19 bits per heavy atom. The number of amidine groups is 1. The number of likely N-dealkylation sites (N-methyl/N-ethyl adjacent to an activating group) is 1. The maximum atomic E-state index is 11.2. The molecular weight excluding hydrogens is 222 g/mol. The third-order valence-corrected chi connectivity index (χ3v) is 4.15. The Morgan fingerprint density at radius 3 is 2.69 bits per heavy atom. The van der Waals surface area contributed by atoms with Crippen molar-refractivity contribution in [2.75, 3.05) is 18.8 Å². The molecule has 16 heavy (non-hydrogen) atoms. The molecule has 0 aromatic heterocycles. The minimum atomic E-state index is -0.0112. The maximum absolute atomic E-state index is 11.2. The van der Waals surface area contributed by atoms with Gasteiger partial charge >= 0.3 is 0 Å². The van der Waals surface area contributed by atoms with E-state index >= 15 is 0 Å². The van der Waals surface area contributed by atoms with Gasteiger partial charge in [0, 0.05) is 17.8 Å². The fraction of sp³-hybridized carbons (Fsp3) is 0.818. The Balaban J connectivity index is 2.46. The highest BCUT2D eigenvalue weighted by Gasteiger charge is 2.33.